The average Bonchev–Trinajstić information content (AvgIpc) is 2.60. The summed E-state index contributed by atoms with van der Waals surface area (Å²) in [4.78, 5) is 42.9. The molecule has 0 saturated carbocycles. The number of aliphatic carboxylic acids is 1. The van der Waals surface area contributed by atoms with E-state index in [0.717, 1.165) is 23.8 Å². The number of hydrogen-bond donors (Lipinski definition) is 2. The number of anilines is 1. The summed E-state index contributed by atoms with van der Waals surface area (Å²) in [5, 5.41) is 32.9. The molecule has 26 heavy (non-hydrogen) atoms. The fraction of sp³-hybridized carbons (Fsp3) is 0.125. The van der Waals surface area contributed by atoms with Crippen LogP contribution in [-0.4, -0.2) is 26.8 Å². The van der Waals surface area contributed by atoms with Gasteiger partial charge in [0.05, 0.1) is 21.5 Å². The maximum Gasteiger partial charge on any atom is 0.303 e. The summed E-state index contributed by atoms with van der Waals surface area (Å²) in [5.41, 5.74) is -0.220. The molecule has 0 atom stereocenters. The second-order valence-electron chi connectivity index (χ2n) is 5.30. The van der Waals surface area contributed by atoms with E-state index in [1.54, 1.807) is 24.3 Å². The Kier molecular flexibility index (Phi) is 5.58. The van der Waals surface area contributed by atoms with Crippen LogP contribution in [0.2, 0.25) is 0 Å². The van der Waals surface area contributed by atoms with Gasteiger partial charge in [0.25, 0.3) is 17.3 Å². The van der Waals surface area contributed by atoms with E-state index < -0.39 is 33.1 Å². The number of amides is 1. The molecular weight excluding hydrogens is 346 g/mol. The maximum atomic E-state index is 12.2. The first-order valence-corrected chi connectivity index (χ1v) is 7.32. The topological polar surface area (TPSA) is 153 Å². The predicted molar refractivity (Wildman–Crippen MR) is 90.1 cm³/mol. The first kappa shape index (κ1) is 18.5. The van der Waals surface area contributed by atoms with Crippen LogP contribution in [0.25, 0.3) is 0 Å². The summed E-state index contributed by atoms with van der Waals surface area (Å²) < 4.78 is 0. The molecular formula is C16H13N3O7. The monoisotopic (exact) mass is 359 g/mol. The van der Waals surface area contributed by atoms with Gasteiger partial charge >= 0.3 is 5.97 Å². The van der Waals surface area contributed by atoms with Gasteiger partial charge in [0.15, 0.2) is 0 Å². The molecule has 2 rings (SSSR count). The van der Waals surface area contributed by atoms with Crippen molar-refractivity contribution in [2.45, 2.75) is 12.8 Å². The molecule has 0 aliphatic carbocycles. The number of nitrogens with zero attached hydrogens (tertiary/aromatic N) is 2. The minimum absolute atomic E-state index is 0.0247. The quantitative estimate of drug-likeness (QED) is 0.569. The van der Waals surface area contributed by atoms with Crippen molar-refractivity contribution in [2.75, 3.05) is 5.32 Å². The van der Waals surface area contributed by atoms with Gasteiger partial charge in [-0.3, -0.25) is 29.8 Å². The van der Waals surface area contributed by atoms with Gasteiger partial charge in [-0.25, -0.2) is 0 Å². The first-order chi connectivity index (χ1) is 12.3. The number of non-ortho nitro benzene ring substituents is 2. The molecule has 0 aromatic heterocycles. The Morgan fingerprint density at radius 1 is 0.962 bits per heavy atom. The van der Waals surface area contributed by atoms with E-state index in [0.29, 0.717) is 12.1 Å². The van der Waals surface area contributed by atoms with Gasteiger partial charge in [0, 0.05) is 24.2 Å². The second kappa shape index (κ2) is 7.83. The van der Waals surface area contributed by atoms with Crippen molar-refractivity contribution >= 4 is 28.9 Å². The minimum Gasteiger partial charge on any atom is -0.481 e. The molecule has 0 radical (unpaired) electrons. The lowest BCUT2D eigenvalue weighted by atomic mass is 10.1. The van der Waals surface area contributed by atoms with Crippen LogP contribution >= 0.6 is 0 Å². The number of nitro groups is 2. The Morgan fingerprint density at radius 2 is 1.50 bits per heavy atom. The van der Waals surface area contributed by atoms with E-state index >= 15 is 0 Å². The average molecular weight is 359 g/mol. The van der Waals surface area contributed by atoms with E-state index in [-0.39, 0.29) is 12.0 Å². The molecule has 0 unspecified atom stereocenters. The number of rotatable bonds is 7. The van der Waals surface area contributed by atoms with Crippen molar-refractivity contribution in [3.8, 4) is 0 Å². The Bertz CT molecular complexity index is 846. The summed E-state index contributed by atoms with van der Waals surface area (Å²) in [6, 6.07) is 9.02. The molecule has 2 aromatic carbocycles. The number of carboxylic acid groups (broad SMARTS) is 1. The van der Waals surface area contributed by atoms with Crippen LogP contribution in [0.5, 0.6) is 0 Å². The normalized spacial score (nSPS) is 10.2. The molecule has 0 spiro atoms. The second-order valence-corrected chi connectivity index (χ2v) is 5.30. The molecule has 10 heteroatoms. The zero-order chi connectivity index (χ0) is 19.3. The molecule has 0 fully saturated rings. The Hall–Kier alpha value is -3.82. The van der Waals surface area contributed by atoms with Crippen LogP contribution in [0.15, 0.2) is 42.5 Å². The third kappa shape index (κ3) is 4.84. The molecule has 0 bridgehead atoms. The highest BCUT2D eigenvalue weighted by Gasteiger charge is 2.20. The van der Waals surface area contributed by atoms with Gasteiger partial charge in [-0.15, -0.1) is 0 Å². The van der Waals surface area contributed by atoms with Crippen LogP contribution in [0.4, 0.5) is 17.1 Å². The molecule has 1 amide bonds. The van der Waals surface area contributed by atoms with E-state index in [2.05, 4.69) is 5.32 Å². The number of nitrogens with one attached hydrogen (secondary N) is 1. The third-order valence-electron chi connectivity index (χ3n) is 3.43. The molecule has 2 aromatic rings. The zero-order valence-corrected chi connectivity index (χ0v) is 13.2. The maximum absolute atomic E-state index is 12.2. The largest absolute Gasteiger partial charge is 0.481 e. The smallest absolute Gasteiger partial charge is 0.303 e. The van der Waals surface area contributed by atoms with E-state index in [1.165, 1.54) is 0 Å². The zero-order valence-electron chi connectivity index (χ0n) is 13.2. The number of carbonyl (C=O) groups is 2. The number of aryl methyl sites for hydroxylation is 1. The standard InChI is InChI=1S/C16H13N3O7/c20-15(21)6-3-10-1-4-12(5-2-10)17-16(22)11-7-13(18(23)24)9-14(8-11)19(25)26/h1-2,4-5,7-9H,3,6H2,(H,17,22)(H,20,21). The van der Waals surface area contributed by atoms with Crippen molar-refractivity contribution < 1.29 is 24.5 Å². The third-order valence-corrected chi connectivity index (χ3v) is 3.43. The van der Waals surface area contributed by atoms with Gasteiger partial charge in [-0.05, 0) is 24.1 Å². The lowest BCUT2D eigenvalue weighted by Gasteiger charge is -2.06. The Balaban J connectivity index is 2.17. The van der Waals surface area contributed by atoms with E-state index in [4.69, 9.17) is 5.11 Å². The number of nitro benzene ring substituents is 2. The highest BCUT2D eigenvalue weighted by atomic mass is 16.6. The predicted octanol–water partition coefficient (Wildman–Crippen LogP) is 2.77. The summed E-state index contributed by atoms with van der Waals surface area (Å²) >= 11 is 0. The summed E-state index contributed by atoms with van der Waals surface area (Å²) in [6.07, 6.45) is 0.309. The van der Waals surface area contributed by atoms with Gasteiger partial charge < -0.3 is 10.4 Å². The molecule has 0 aliphatic heterocycles. The first-order valence-electron chi connectivity index (χ1n) is 7.32. The molecule has 0 aliphatic rings. The van der Waals surface area contributed by atoms with Gasteiger partial charge in [-0.1, -0.05) is 12.1 Å². The molecule has 0 heterocycles. The van der Waals surface area contributed by atoms with Crippen LogP contribution in [0, 0.1) is 20.2 Å². The summed E-state index contributed by atoms with van der Waals surface area (Å²) in [6.45, 7) is 0. The molecule has 134 valence electrons. The lowest BCUT2D eigenvalue weighted by molar-refractivity contribution is -0.394. The van der Waals surface area contributed by atoms with Gasteiger partial charge in [0.2, 0.25) is 0 Å². The van der Waals surface area contributed by atoms with Crippen LogP contribution < -0.4 is 5.32 Å². The van der Waals surface area contributed by atoms with E-state index in [1.807, 2.05) is 0 Å². The van der Waals surface area contributed by atoms with Crippen LogP contribution in [0.1, 0.15) is 22.3 Å². The van der Waals surface area contributed by atoms with Crippen molar-refractivity contribution in [1.82, 2.24) is 0 Å². The number of carboxylic acids is 1. The number of benzene rings is 2. The molecule has 2 N–H and O–H groups in total. The summed E-state index contributed by atoms with van der Waals surface area (Å²) in [5.74, 6) is -1.66. The molecule has 10 nitrogen and oxygen atoms in total. The fourth-order valence-electron chi connectivity index (χ4n) is 2.15. The van der Waals surface area contributed by atoms with E-state index in [9.17, 15) is 29.8 Å². The fourth-order valence-corrected chi connectivity index (χ4v) is 2.15. The van der Waals surface area contributed by atoms with Crippen molar-refractivity contribution in [3.63, 3.8) is 0 Å². The number of hydrogen-bond acceptors (Lipinski definition) is 6. The van der Waals surface area contributed by atoms with Crippen molar-refractivity contribution in [3.05, 3.63) is 73.8 Å². The Labute approximate surface area is 146 Å². The van der Waals surface area contributed by atoms with Crippen LogP contribution in [-0.2, 0) is 11.2 Å². The Morgan fingerprint density at radius 3 is 1.96 bits per heavy atom. The van der Waals surface area contributed by atoms with Crippen molar-refractivity contribution in [2.24, 2.45) is 0 Å². The highest BCUT2D eigenvalue weighted by molar-refractivity contribution is 6.05. The summed E-state index contributed by atoms with van der Waals surface area (Å²) in [7, 11) is 0. The number of carbonyl (C=O) groups excluding carboxylic acids is 1. The lowest BCUT2D eigenvalue weighted by Crippen LogP contribution is -2.12. The minimum atomic E-state index is -0.922. The van der Waals surface area contributed by atoms with Crippen molar-refractivity contribution in [1.29, 1.82) is 0 Å². The van der Waals surface area contributed by atoms with Gasteiger partial charge in [0.1, 0.15) is 0 Å². The SMILES string of the molecule is O=C(O)CCc1ccc(NC(=O)c2cc([N+](=O)[O-])cc([N+](=O)[O-])c2)cc1. The van der Waals surface area contributed by atoms with Gasteiger partial charge in [-0.2, -0.15) is 0 Å². The highest BCUT2D eigenvalue weighted by Crippen LogP contribution is 2.23. The van der Waals surface area contributed by atoms with Crippen LogP contribution in [0.3, 0.4) is 0 Å². The molecule has 0 saturated heterocycles.